The largest absolute Gasteiger partial charge is 0.453 e. The van der Waals surface area contributed by atoms with E-state index in [0.29, 0.717) is 19.5 Å². The van der Waals surface area contributed by atoms with Crippen LogP contribution < -0.4 is 4.72 Å². The normalized spacial score (nSPS) is 20.9. The van der Waals surface area contributed by atoms with Crippen LogP contribution in [0.2, 0.25) is 0 Å². The Labute approximate surface area is 102 Å². The molecule has 1 atom stereocenters. The Balaban J connectivity index is 2.48. The van der Waals surface area contributed by atoms with Gasteiger partial charge in [0.25, 0.3) is 0 Å². The van der Waals surface area contributed by atoms with Crippen LogP contribution in [0, 0.1) is 5.92 Å². The third-order valence-electron chi connectivity index (χ3n) is 2.52. The number of methoxy groups -OCH3 is 1. The van der Waals surface area contributed by atoms with Crippen LogP contribution in [-0.4, -0.2) is 51.4 Å². The summed E-state index contributed by atoms with van der Waals surface area (Å²) in [5, 5.41) is 0. The molecule has 0 aliphatic carbocycles. The molecule has 0 aromatic heterocycles. The first-order chi connectivity index (χ1) is 7.84. The maximum atomic E-state index is 11.7. The van der Waals surface area contributed by atoms with Crippen molar-refractivity contribution in [3.63, 3.8) is 0 Å². The molecule has 0 bridgehead atoms. The maximum Gasteiger partial charge on any atom is 0.409 e. The van der Waals surface area contributed by atoms with Crippen molar-refractivity contribution >= 4 is 16.1 Å². The molecule has 1 heterocycles. The Morgan fingerprint density at radius 1 is 1.53 bits per heavy atom. The van der Waals surface area contributed by atoms with E-state index in [4.69, 9.17) is 0 Å². The number of rotatable bonds is 4. The second-order valence-corrected chi connectivity index (χ2v) is 6.49. The van der Waals surface area contributed by atoms with Gasteiger partial charge in [-0.3, -0.25) is 0 Å². The summed E-state index contributed by atoms with van der Waals surface area (Å²) < 4.78 is 30.6. The molecule has 0 saturated carbocycles. The van der Waals surface area contributed by atoms with E-state index in [-0.39, 0.29) is 17.7 Å². The second-order valence-electron chi connectivity index (χ2n) is 4.69. The molecule has 1 unspecified atom stereocenters. The summed E-state index contributed by atoms with van der Waals surface area (Å²) in [5.74, 6) is 0.201. The Morgan fingerprint density at radius 3 is 2.71 bits per heavy atom. The molecule has 0 aromatic carbocycles. The fourth-order valence-corrected chi connectivity index (χ4v) is 3.57. The number of nitrogens with zero attached hydrogens (tertiary/aromatic N) is 1. The van der Waals surface area contributed by atoms with Crippen molar-refractivity contribution in [1.82, 2.24) is 9.62 Å². The van der Waals surface area contributed by atoms with Crippen molar-refractivity contribution in [3.8, 4) is 0 Å². The minimum atomic E-state index is -3.25. The van der Waals surface area contributed by atoms with Gasteiger partial charge in [-0.15, -0.1) is 0 Å². The van der Waals surface area contributed by atoms with Gasteiger partial charge in [-0.25, -0.2) is 17.9 Å². The van der Waals surface area contributed by atoms with Gasteiger partial charge in [0.2, 0.25) is 10.0 Å². The van der Waals surface area contributed by atoms with Gasteiger partial charge in [-0.1, -0.05) is 13.8 Å². The quantitative estimate of drug-likeness (QED) is 0.797. The molecule has 0 aromatic rings. The lowest BCUT2D eigenvalue weighted by molar-refractivity contribution is 0.132. The summed E-state index contributed by atoms with van der Waals surface area (Å²) in [6, 6.07) is -0.196. The van der Waals surface area contributed by atoms with Crippen LogP contribution in [0.1, 0.15) is 20.3 Å². The number of hydrogen-bond donors (Lipinski definition) is 1. The highest BCUT2D eigenvalue weighted by molar-refractivity contribution is 7.89. The van der Waals surface area contributed by atoms with Gasteiger partial charge in [0.1, 0.15) is 0 Å². The highest BCUT2D eigenvalue weighted by Gasteiger charge is 2.29. The lowest BCUT2D eigenvalue weighted by Crippen LogP contribution is -2.40. The Morgan fingerprint density at radius 2 is 2.18 bits per heavy atom. The number of likely N-dealkylation sites (tertiary alicyclic amines) is 1. The molecule has 6 nitrogen and oxygen atoms in total. The standard InChI is InChI=1S/C10H20N2O4S/c1-8(2)7-17(14,15)11-9-4-5-12(6-9)10(13)16-3/h8-9,11H,4-7H2,1-3H3. The number of nitrogens with one attached hydrogen (secondary N) is 1. The molecular formula is C10H20N2O4S. The molecule has 7 heteroatoms. The Hall–Kier alpha value is -0.820. The van der Waals surface area contributed by atoms with Gasteiger partial charge in [-0.2, -0.15) is 0 Å². The molecule has 1 aliphatic rings. The van der Waals surface area contributed by atoms with E-state index in [0.717, 1.165) is 0 Å². The monoisotopic (exact) mass is 264 g/mol. The first kappa shape index (κ1) is 14.2. The third-order valence-corrected chi connectivity index (χ3v) is 4.32. The fraction of sp³-hybridized carbons (Fsp3) is 0.900. The van der Waals surface area contributed by atoms with Gasteiger partial charge >= 0.3 is 6.09 Å². The van der Waals surface area contributed by atoms with E-state index in [1.807, 2.05) is 13.8 Å². The maximum absolute atomic E-state index is 11.7. The SMILES string of the molecule is COC(=O)N1CCC(NS(=O)(=O)CC(C)C)C1. The van der Waals surface area contributed by atoms with Crippen LogP contribution in [0.3, 0.4) is 0 Å². The van der Waals surface area contributed by atoms with Gasteiger partial charge < -0.3 is 9.64 Å². The minimum absolute atomic E-state index is 0.0885. The van der Waals surface area contributed by atoms with E-state index in [2.05, 4.69) is 9.46 Å². The smallest absolute Gasteiger partial charge is 0.409 e. The summed E-state index contributed by atoms with van der Waals surface area (Å²) in [6.07, 6.45) is 0.224. The average molecular weight is 264 g/mol. The topological polar surface area (TPSA) is 75.7 Å². The summed E-state index contributed by atoms with van der Waals surface area (Å²) in [5.41, 5.74) is 0. The highest BCUT2D eigenvalue weighted by atomic mass is 32.2. The van der Waals surface area contributed by atoms with Crippen LogP contribution >= 0.6 is 0 Å². The van der Waals surface area contributed by atoms with E-state index >= 15 is 0 Å². The predicted molar refractivity (Wildman–Crippen MR) is 64.1 cm³/mol. The van der Waals surface area contributed by atoms with Crippen molar-refractivity contribution in [2.45, 2.75) is 26.3 Å². The zero-order valence-electron chi connectivity index (χ0n) is 10.5. The molecule has 1 saturated heterocycles. The molecular weight excluding hydrogens is 244 g/mol. The van der Waals surface area contributed by atoms with Crippen LogP contribution in [-0.2, 0) is 14.8 Å². The Bertz CT molecular complexity index is 367. The number of hydrogen-bond acceptors (Lipinski definition) is 4. The van der Waals surface area contributed by atoms with E-state index in [9.17, 15) is 13.2 Å². The Kier molecular flexibility index (Phi) is 4.76. The predicted octanol–water partition coefficient (Wildman–Crippen LogP) is 0.403. The number of ether oxygens (including phenoxy) is 1. The average Bonchev–Trinajstić information content (AvgIpc) is 2.61. The lowest BCUT2D eigenvalue weighted by atomic mass is 10.3. The first-order valence-corrected chi connectivity index (χ1v) is 7.32. The van der Waals surface area contributed by atoms with E-state index in [1.54, 1.807) is 0 Å². The van der Waals surface area contributed by atoms with Gasteiger partial charge in [0.05, 0.1) is 12.9 Å². The molecule has 0 spiro atoms. The second kappa shape index (κ2) is 5.68. The number of sulfonamides is 1. The van der Waals surface area contributed by atoms with Crippen molar-refractivity contribution in [2.75, 3.05) is 26.0 Å². The zero-order valence-corrected chi connectivity index (χ0v) is 11.3. The first-order valence-electron chi connectivity index (χ1n) is 5.67. The van der Waals surface area contributed by atoms with Crippen LogP contribution in [0.25, 0.3) is 0 Å². The molecule has 1 aliphatic heterocycles. The highest BCUT2D eigenvalue weighted by Crippen LogP contribution is 2.12. The minimum Gasteiger partial charge on any atom is -0.453 e. The molecule has 100 valence electrons. The number of amides is 1. The zero-order chi connectivity index (χ0) is 13.1. The molecule has 1 rings (SSSR count). The lowest BCUT2D eigenvalue weighted by Gasteiger charge is -2.16. The van der Waals surface area contributed by atoms with E-state index in [1.165, 1.54) is 12.0 Å². The summed E-state index contributed by atoms with van der Waals surface area (Å²) in [6.45, 7) is 4.62. The van der Waals surface area contributed by atoms with Crippen molar-refractivity contribution in [2.24, 2.45) is 5.92 Å². The molecule has 1 N–H and O–H groups in total. The van der Waals surface area contributed by atoms with Gasteiger partial charge in [0.15, 0.2) is 0 Å². The van der Waals surface area contributed by atoms with Crippen LogP contribution in [0.4, 0.5) is 4.79 Å². The molecule has 1 amide bonds. The van der Waals surface area contributed by atoms with Gasteiger partial charge in [-0.05, 0) is 12.3 Å². The van der Waals surface area contributed by atoms with Crippen molar-refractivity contribution in [1.29, 1.82) is 0 Å². The summed E-state index contributed by atoms with van der Waals surface area (Å²) in [7, 11) is -1.93. The fourth-order valence-electron chi connectivity index (χ4n) is 1.89. The van der Waals surface area contributed by atoms with Crippen LogP contribution in [0.15, 0.2) is 0 Å². The summed E-state index contributed by atoms with van der Waals surface area (Å²) >= 11 is 0. The summed E-state index contributed by atoms with van der Waals surface area (Å²) in [4.78, 5) is 12.7. The number of carbonyl (C=O) groups is 1. The molecule has 17 heavy (non-hydrogen) atoms. The molecule has 0 radical (unpaired) electrons. The van der Waals surface area contributed by atoms with Gasteiger partial charge in [0, 0.05) is 19.1 Å². The van der Waals surface area contributed by atoms with Crippen molar-refractivity contribution < 1.29 is 17.9 Å². The molecule has 1 fully saturated rings. The third kappa shape index (κ3) is 4.51. The number of carbonyl (C=O) groups excluding carboxylic acids is 1. The van der Waals surface area contributed by atoms with Crippen molar-refractivity contribution in [3.05, 3.63) is 0 Å². The van der Waals surface area contributed by atoms with Crippen LogP contribution in [0.5, 0.6) is 0 Å². The van der Waals surface area contributed by atoms with E-state index < -0.39 is 16.1 Å².